The minimum Gasteiger partial charge on any atom is -0.362 e. The van der Waals surface area contributed by atoms with Crippen molar-refractivity contribution in [3.05, 3.63) is 64.7 Å². The Labute approximate surface area is 133 Å². The van der Waals surface area contributed by atoms with Gasteiger partial charge in [-0.3, -0.25) is 16.3 Å². The number of halogens is 1. The predicted octanol–water partition coefficient (Wildman–Crippen LogP) is 1.22. The number of fused-ring (bicyclic) bond motifs is 1. The third-order valence-electron chi connectivity index (χ3n) is 3.65. The normalized spacial score (nSPS) is 20.5. The second-order valence-corrected chi connectivity index (χ2v) is 5.42. The van der Waals surface area contributed by atoms with Crippen molar-refractivity contribution in [2.45, 2.75) is 5.72 Å². The molecule has 2 aromatic rings. The zero-order chi connectivity index (χ0) is 15.7. The molecule has 114 valence electrons. The van der Waals surface area contributed by atoms with Gasteiger partial charge in [0, 0.05) is 16.1 Å². The summed E-state index contributed by atoms with van der Waals surface area (Å²) in [5.41, 5.74) is 2.67. The molecule has 0 bridgehead atoms. The molecule has 22 heavy (non-hydrogen) atoms. The van der Waals surface area contributed by atoms with Crippen LogP contribution in [0.2, 0.25) is 5.02 Å². The number of nitrogens with one attached hydrogen (secondary N) is 1. The number of hydrogen-bond donors (Lipinski definition) is 4. The Kier molecular flexibility index (Phi) is 3.86. The average Bonchev–Trinajstić information content (AvgIpc) is 2.54. The van der Waals surface area contributed by atoms with E-state index in [0.717, 1.165) is 0 Å². The van der Waals surface area contributed by atoms with Crippen molar-refractivity contribution in [3.63, 3.8) is 0 Å². The number of rotatable bonds is 3. The number of hydrogen-bond acceptors (Lipinski definition) is 6. The molecule has 1 heterocycles. The lowest BCUT2D eigenvalue weighted by Crippen LogP contribution is -2.58. The number of nitrogens with zero attached hydrogens (tertiary/aromatic N) is 2. The maximum absolute atomic E-state index is 11.4. The van der Waals surface area contributed by atoms with Gasteiger partial charge in [-0.2, -0.15) is 0 Å². The first-order valence-electron chi connectivity index (χ1n) is 6.71. The third-order valence-corrected chi connectivity index (χ3v) is 3.88. The fraction of sp³-hybridized carbons (Fsp3) is 0.133. The van der Waals surface area contributed by atoms with Crippen LogP contribution in [0.25, 0.3) is 0 Å². The summed E-state index contributed by atoms with van der Waals surface area (Å²) in [7, 11) is 0. The monoisotopic (exact) mass is 317 g/mol. The average molecular weight is 318 g/mol. The maximum atomic E-state index is 11.4. The predicted molar refractivity (Wildman–Crippen MR) is 86.2 cm³/mol. The molecule has 3 rings (SSSR count). The van der Waals surface area contributed by atoms with E-state index in [1.54, 1.807) is 30.3 Å². The number of hydrazine groups is 2. The highest BCUT2D eigenvalue weighted by molar-refractivity contribution is 6.30. The number of benzene rings is 2. The van der Waals surface area contributed by atoms with Gasteiger partial charge in [-0.1, -0.05) is 41.9 Å². The summed E-state index contributed by atoms with van der Waals surface area (Å²) < 4.78 is 0. The van der Waals surface area contributed by atoms with Crippen molar-refractivity contribution in [3.8, 4) is 0 Å². The topological polar surface area (TPSA) is 99.9 Å². The molecule has 0 spiro atoms. The van der Waals surface area contributed by atoms with Gasteiger partial charge in [0.2, 0.25) is 5.72 Å². The van der Waals surface area contributed by atoms with E-state index in [1.807, 2.05) is 18.2 Å². The Hall–Kier alpha value is -1.96. The Balaban J connectivity index is 2.25. The van der Waals surface area contributed by atoms with Crippen molar-refractivity contribution < 1.29 is 5.11 Å². The van der Waals surface area contributed by atoms with E-state index in [1.165, 1.54) is 5.01 Å². The zero-order valence-electron chi connectivity index (χ0n) is 11.7. The molecular formula is C15H16ClN5O. The lowest BCUT2D eigenvalue weighted by molar-refractivity contribution is -0.0417. The van der Waals surface area contributed by atoms with Crippen LogP contribution < -0.4 is 17.1 Å². The van der Waals surface area contributed by atoms with Crippen LogP contribution in [0.1, 0.15) is 11.1 Å². The summed E-state index contributed by atoms with van der Waals surface area (Å²) in [6, 6.07) is 14.2. The standard InChI is InChI=1S/C15H16ClN5O/c16-11-6-7-13-12(8-11)15(22,10-4-2-1-3-5-10)21(18)14(20-13)9-19-17/h1-8,19,22H,9,17-18H2. The summed E-state index contributed by atoms with van der Waals surface area (Å²) in [6.45, 7) is 0.216. The van der Waals surface area contributed by atoms with Gasteiger partial charge in [0.25, 0.3) is 0 Å². The summed E-state index contributed by atoms with van der Waals surface area (Å²) in [5, 5.41) is 13.1. The van der Waals surface area contributed by atoms with Crippen molar-refractivity contribution in [1.82, 2.24) is 10.4 Å². The molecule has 0 aromatic heterocycles. The fourth-order valence-electron chi connectivity index (χ4n) is 2.58. The minimum atomic E-state index is -1.57. The van der Waals surface area contributed by atoms with Crippen molar-refractivity contribution >= 4 is 23.1 Å². The second-order valence-electron chi connectivity index (χ2n) is 4.98. The molecule has 0 amide bonds. The number of nitrogens with two attached hydrogens (primary N) is 2. The zero-order valence-corrected chi connectivity index (χ0v) is 12.5. The molecule has 0 saturated carbocycles. The van der Waals surface area contributed by atoms with E-state index in [4.69, 9.17) is 23.3 Å². The Bertz CT molecular complexity index is 721. The lowest BCUT2D eigenvalue weighted by atomic mass is 9.91. The molecule has 6 nitrogen and oxygen atoms in total. The molecule has 1 atom stereocenters. The molecule has 0 fully saturated rings. The number of amidine groups is 1. The molecule has 1 aliphatic rings. The van der Waals surface area contributed by atoms with Crippen LogP contribution in [0, 0.1) is 0 Å². The highest BCUT2D eigenvalue weighted by Gasteiger charge is 2.43. The molecule has 2 aromatic carbocycles. The van der Waals surface area contributed by atoms with Crippen LogP contribution in [0.5, 0.6) is 0 Å². The SMILES string of the molecule is NNCC1=Nc2ccc(Cl)cc2C(O)(c2ccccc2)N1N. The van der Waals surface area contributed by atoms with Gasteiger partial charge in [-0.25, -0.2) is 10.8 Å². The van der Waals surface area contributed by atoms with Gasteiger partial charge < -0.3 is 5.11 Å². The summed E-state index contributed by atoms with van der Waals surface area (Å²) >= 11 is 6.09. The van der Waals surface area contributed by atoms with Gasteiger partial charge >= 0.3 is 0 Å². The summed E-state index contributed by atoms with van der Waals surface area (Å²) in [4.78, 5) is 4.43. The maximum Gasteiger partial charge on any atom is 0.207 e. The van der Waals surface area contributed by atoms with Gasteiger partial charge in [-0.05, 0) is 18.2 Å². The highest BCUT2D eigenvalue weighted by atomic mass is 35.5. The first-order valence-corrected chi connectivity index (χ1v) is 7.09. The molecular weight excluding hydrogens is 302 g/mol. The molecule has 0 aliphatic carbocycles. The van der Waals surface area contributed by atoms with Gasteiger partial charge in [0.05, 0.1) is 12.2 Å². The molecule has 7 heteroatoms. The number of aliphatic hydroxyl groups is 1. The van der Waals surface area contributed by atoms with Crippen molar-refractivity contribution in [2.24, 2.45) is 16.7 Å². The Morgan fingerprint density at radius 3 is 2.64 bits per heavy atom. The second kappa shape index (κ2) is 5.68. The van der Waals surface area contributed by atoms with Crippen molar-refractivity contribution in [1.29, 1.82) is 0 Å². The first-order chi connectivity index (χ1) is 10.6. The number of aliphatic imine (C=N–C) groups is 1. The molecule has 0 saturated heterocycles. The fourth-order valence-corrected chi connectivity index (χ4v) is 2.75. The van der Waals surface area contributed by atoms with E-state index >= 15 is 0 Å². The van der Waals surface area contributed by atoms with E-state index in [-0.39, 0.29) is 6.54 Å². The van der Waals surface area contributed by atoms with Crippen LogP contribution in [0.15, 0.2) is 53.5 Å². The quantitative estimate of drug-likeness (QED) is 0.504. The molecule has 1 unspecified atom stereocenters. The van der Waals surface area contributed by atoms with Crippen LogP contribution in [-0.2, 0) is 5.72 Å². The Morgan fingerprint density at radius 2 is 1.95 bits per heavy atom. The molecule has 6 N–H and O–H groups in total. The van der Waals surface area contributed by atoms with E-state index in [2.05, 4.69) is 10.4 Å². The van der Waals surface area contributed by atoms with Gasteiger partial charge in [0.15, 0.2) is 0 Å². The smallest absolute Gasteiger partial charge is 0.207 e. The van der Waals surface area contributed by atoms with E-state index < -0.39 is 5.72 Å². The van der Waals surface area contributed by atoms with Crippen LogP contribution in [0.3, 0.4) is 0 Å². The molecule has 1 aliphatic heterocycles. The summed E-state index contributed by atoms with van der Waals surface area (Å²) in [6.07, 6.45) is 0. The lowest BCUT2D eigenvalue weighted by Gasteiger charge is -2.42. The Morgan fingerprint density at radius 1 is 1.23 bits per heavy atom. The van der Waals surface area contributed by atoms with E-state index in [0.29, 0.717) is 27.7 Å². The highest BCUT2D eigenvalue weighted by Crippen LogP contribution is 2.41. The van der Waals surface area contributed by atoms with E-state index in [9.17, 15) is 5.11 Å². The van der Waals surface area contributed by atoms with Crippen LogP contribution >= 0.6 is 11.6 Å². The first kappa shape index (κ1) is 15.0. The van der Waals surface area contributed by atoms with Gasteiger partial charge in [0.1, 0.15) is 5.84 Å². The molecule has 0 radical (unpaired) electrons. The minimum absolute atomic E-state index is 0.216. The van der Waals surface area contributed by atoms with Crippen LogP contribution in [0.4, 0.5) is 5.69 Å². The van der Waals surface area contributed by atoms with Crippen molar-refractivity contribution in [2.75, 3.05) is 6.54 Å². The van der Waals surface area contributed by atoms with Crippen LogP contribution in [-0.4, -0.2) is 22.5 Å². The van der Waals surface area contributed by atoms with Gasteiger partial charge in [-0.15, -0.1) is 0 Å². The summed E-state index contributed by atoms with van der Waals surface area (Å²) in [5.74, 6) is 12.0. The largest absolute Gasteiger partial charge is 0.362 e. The third kappa shape index (κ3) is 2.27.